The highest BCUT2D eigenvalue weighted by Crippen LogP contribution is 2.33. The number of fused-ring (bicyclic) bond motifs is 1. The monoisotopic (exact) mass is 312 g/mol. The average Bonchev–Trinajstić information content (AvgIpc) is 2.91. The quantitative estimate of drug-likeness (QED) is 0.476. The molecule has 118 valence electrons. The second-order valence-electron chi connectivity index (χ2n) is 6.41. The molecule has 0 saturated carbocycles. The third kappa shape index (κ3) is 2.41. The Morgan fingerprint density at radius 1 is 0.750 bits per heavy atom. The summed E-state index contributed by atoms with van der Waals surface area (Å²) in [5, 5.41) is 0. The van der Waals surface area contributed by atoms with E-state index < -0.39 is 0 Å². The van der Waals surface area contributed by atoms with Gasteiger partial charge in [-0.25, -0.2) is 4.98 Å². The molecule has 0 radical (unpaired) electrons. The zero-order chi connectivity index (χ0) is 16.7. The SMILES string of the molecule is Cc1cc(C)cc(-c2ccccc2-c2nc3ccccc3n2C)c1. The molecule has 24 heavy (non-hydrogen) atoms. The molecule has 0 atom stereocenters. The van der Waals surface area contributed by atoms with Crippen molar-refractivity contribution in [3.05, 3.63) is 77.9 Å². The topological polar surface area (TPSA) is 17.8 Å². The van der Waals surface area contributed by atoms with Crippen LogP contribution in [0.1, 0.15) is 11.1 Å². The van der Waals surface area contributed by atoms with E-state index in [9.17, 15) is 0 Å². The van der Waals surface area contributed by atoms with Gasteiger partial charge in [-0.3, -0.25) is 0 Å². The maximum Gasteiger partial charge on any atom is 0.141 e. The van der Waals surface area contributed by atoms with Crippen molar-refractivity contribution in [2.24, 2.45) is 7.05 Å². The minimum absolute atomic E-state index is 1.01. The Bertz CT molecular complexity index is 1020. The van der Waals surface area contributed by atoms with E-state index >= 15 is 0 Å². The molecule has 0 bridgehead atoms. The Kier molecular flexibility index (Phi) is 3.46. The Hall–Kier alpha value is -2.87. The van der Waals surface area contributed by atoms with Gasteiger partial charge in [0.25, 0.3) is 0 Å². The predicted octanol–water partition coefficient (Wildman–Crippen LogP) is 5.52. The molecule has 0 aliphatic rings. The molecule has 1 aromatic heterocycles. The maximum atomic E-state index is 4.88. The number of hydrogen-bond donors (Lipinski definition) is 0. The smallest absolute Gasteiger partial charge is 0.141 e. The van der Waals surface area contributed by atoms with Gasteiger partial charge < -0.3 is 4.57 Å². The number of benzene rings is 3. The van der Waals surface area contributed by atoms with Crippen LogP contribution in [0.15, 0.2) is 66.7 Å². The molecule has 4 aromatic rings. The van der Waals surface area contributed by atoms with E-state index in [1.165, 1.54) is 27.8 Å². The molecule has 3 aromatic carbocycles. The summed E-state index contributed by atoms with van der Waals surface area (Å²) >= 11 is 0. The minimum Gasteiger partial charge on any atom is -0.327 e. The summed E-state index contributed by atoms with van der Waals surface area (Å²) in [5.74, 6) is 1.01. The van der Waals surface area contributed by atoms with Crippen LogP contribution in [-0.2, 0) is 7.05 Å². The average molecular weight is 312 g/mol. The van der Waals surface area contributed by atoms with Gasteiger partial charge in [0.05, 0.1) is 11.0 Å². The minimum atomic E-state index is 1.01. The largest absolute Gasteiger partial charge is 0.327 e. The van der Waals surface area contributed by atoms with Crippen LogP contribution >= 0.6 is 0 Å². The van der Waals surface area contributed by atoms with Crippen LogP contribution in [0.4, 0.5) is 0 Å². The lowest BCUT2D eigenvalue weighted by atomic mass is 9.96. The predicted molar refractivity (Wildman–Crippen MR) is 101 cm³/mol. The van der Waals surface area contributed by atoms with Gasteiger partial charge in [-0.1, -0.05) is 65.7 Å². The molecule has 4 rings (SSSR count). The van der Waals surface area contributed by atoms with Crippen molar-refractivity contribution >= 4 is 11.0 Å². The van der Waals surface area contributed by atoms with Crippen LogP contribution in [0, 0.1) is 13.8 Å². The summed E-state index contributed by atoms with van der Waals surface area (Å²) in [5.41, 5.74) is 8.39. The van der Waals surface area contributed by atoms with Crippen molar-refractivity contribution in [1.82, 2.24) is 9.55 Å². The van der Waals surface area contributed by atoms with Crippen molar-refractivity contribution in [3.8, 4) is 22.5 Å². The third-order valence-corrected chi connectivity index (χ3v) is 4.49. The fourth-order valence-electron chi connectivity index (χ4n) is 3.45. The molecular weight excluding hydrogens is 292 g/mol. The Morgan fingerprint density at radius 3 is 2.08 bits per heavy atom. The third-order valence-electron chi connectivity index (χ3n) is 4.49. The molecule has 0 aliphatic heterocycles. The highest BCUT2D eigenvalue weighted by molar-refractivity contribution is 5.86. The molecule has 0 saturated heterocycles. The fourth-order valence-corrected chi connectivity index (χ4v) is 3.45. The molecule has 0 fully saturated rings. The molecule has 1 heterocycles. The van der Waals surface area contributed by atoms with Crippen molar-refractivity contribution in [1.29, 1.82) is 0 Å². The summed E-state index contributed by atoms with van der Waals surface area (Å²) in [6, 6.07) is 23.5. The summed E-state index contributed by atoms with van der Waals surface area (Å²) in [6.07, 6.45) is 0. The van der Waals surface area contributed by atoms with E-state index in [0.29, 0.717) is 0 Å². The van der Waals surface area contributed by atoms with Gasteiger partial charge in [0.1, 0.15) is 5.82 Å². The molecule has 0 amide bonds. The van der Waals surface area contributed by atoms with Gasteiger partial charge in [0.15, 0.2) is 0 Å². The number of aryl methyl sites for hydroxylation is 3. The lowest BCUT2D eigenvalue weighted by Gasteiger charge is -2.11. The molecular formula is C22H20N2. The zero-order valence-corrected chi connectivity index (χ0v) is 14.2. The summed E-state index contributed by atoms with van der Waals surface area (Å²) in [7, 11) is 2.09. The molecule has 2 nitrogen and oxygen atoms in total. The van der Waals surface area contributed by atoms with Gasteiger partial charge >= 0.3 is 0 Å². The van der Waals surface area contributed by atoms with E-state index in [0.717, 1.165) is 16.9 Å². The van der Waals surface area contributed by atoms with Crippen LogP contribution < -0.4 is 0 Å². The Labute approximate surface area is 142 Å². The van der Waals surface area contributed by atoms with E-state index in [4.69, 9.17) is 4.98 Å². The first kappa shape index (κ1) is 14.7. The standard InChI is InChI=1S/C22H20N2/c1-15-12-16(2)14-17(13-15)18-8-4-5-9-19(18)22-23-20-10-6-7-11-21(20)24(22)3/h4-14H,1-3H3. The van der Waals surface area contributed by atoms with E-state index in [-0.39, 0.29) is 0 Å². The van der Waals surface area contributed by atoms with Crippen molar-refractivity contribution in [2.75, 3.05) is 0 Å². The van der Waals surface area contributed by atoms with Gasteiger partial charge in [-0.2, -0.15) is 0 Å². The second kappa shape index (κ2) is 5.64. The van der Waals surface area contributed by atoms with Crippen LogP contribution in [0.25, 0.3) is 33.5 Å². The molecule has 0 spiro atoms. The number of aromatic nitrogens is 2. The number of nitrogens with zero attached hydrogens (tertiary/aromatic N) is 2. The van der Waals surface area contributed by atoms with Crippen LogP contribution in [0.2, 0.25) is 0 Å². The number of para-hydroxylation sites is 2. The normalized spacial score (nSPS) is 11.1. The van der Waals surface area contributed by atoms with E-state index in [2.05, 4.69) is 86.1 Å². The molecule has 0 unspecified atom stereocenters. The van der Waals surface area contributed by atoms with Gasteiger partial charge in [0, 0.05) is 12.6 Å². The van der Waals surface area contributed by atoms with Crippen LogP contribution in [0.5, 0.6) is 0 Å². The first-order valence-electron chi connectivity index (χ1n) is 8.23. The summed E-state index contributed by atoms with van der Waals surface area (Å²) in [6.45, 7) is 4.29. The molecule has 2 heteroatoms. The number of rotatable bonds is 2. The maximum absolute atomic E-state index is 4.88. The van der Waals surface area contributed by atoms with Gasteiger partial charge in [0.2, 0.25) is 0 Å². The van der Waals surface area contributed by atoms with Gasteiger partial charge in [-0.05, 0) is 37.1 Å². The zero-order valence-electron chi connectivity index (χ0n) is 14.2. The van der Waals surface area contributed by atoms with Crippen LogP contribution in [0.3, 0.4) is 0 Å². The Morgan fingerprint density at radius 2 is 1.38 bits per heavy atom. The fraction of sp³-hybridized carbons (Fsp3) is 0.136. The Balaban J connectivity index is 1.98. The lowest BCUT2D eigenvalue weighted by molar-refractivity contribution is 0.960. The number of hydrogen-bond acceptors (Lipinski definition) is 1. The van der Waals surface area contributed by atoms with E-state index in [1.807, 2.05) is 6.07 Å². The van der Waals surface area contributed by atoms with Crippen molar-refractivity contribution in [3.63, 3.8) is 0 Å². The lowest BCUT2D eigenvalue weighted by Crippen LogP contribution is -1.95. The first-order chi connectivity index (χ1) is 11.6. The summed E-state index contributed by atoms with van der Waals surface area (Å²) < 4.78 is 2.18. The molecule has 0 aliphatic carbocycles. The first-order valence-corrected chi connectivity index (χ1v) is 8.23. The van der Waals surface area contributed by atoms with Crippen molar-refractivity contribution in [2.45, 2.75) is 13.8 Å². The molecule has 0 N–H and O–H groups in total. The summed E-state index contributed by atoms with van der Waals surface area (Å²) in [4.78, 5) is 4.88. The number of imidazole rings is 1. The van der Waals surface area contributed by atoms with Crippen molar-refractivity contribution < 1.29 is 0 Å². The highest BCUT2D eigenvalue weighted by Gasteiger charge is 2.14. The van der Waals surface area contributed by atoms with Crippen LogP contribution in [-0.4, -0.2) is 9.55 Å². The highest BCUT2D eigenvalue weighted by atomic mass is 15.1. The second-order valence-corrected chi connectivity index (χ2v) is 6.41. The van der Waals surface area contributed by atoms with Gasteiger partial charge in [-0.15, -0.1) is 0 Å². The van der Waals surface area contributed by atoms with E-state index in [1.54, 1.807) is 0 Å².